The average molecular weight is 250 g/mol. The summed E-state index contributed by atoms with van der Waals surface area (Å²) in [7, 11) is 0.359. The average Bonchev–Trinajstić information content (AvgIpc) is 2.28. The first-order valence-electron chi connectivity index (χ1n) is 5.71. The molecule has 0 unspecified atom stereocenters. The Hall–Kier alpha value is -0.170. The Morgan fingerprint density at radius 3 is 2.50 bits per heavy atom. The monoisotopic (exact) mass is 250 g/mol. The van der Waals surface area contributed by atoms with Gasteiger partial charge in [0.15, 0.2) is 0 Å². The van der Waals surface area contributed by atoms with E-state index in [1.54, 1.807) is 4.31 Å². The summed E-state index contributed by atoms with van der Waals surface area (Å²) >= 11 is 0. The van der Waals surface area contributed by atoms with Gasteiger partial charge in [0.25, 0.3) is 0 Å². The number of methoxy groups -OCH3 is 1. The summed E-state index contributed by atoms with van der Waals surface area (Å²) in [4.78, 5) is 0. The fourth-order valence-corrected chi connectivity index (χ4v) is 3.40. The topological polar surface area (TPSA) is 58.6 Å². The fraction of sp³-hybridized carbons (Fsp3) is 1.00. The zero-order valence-electron chi connectivity index (χ0n) is 10.1. The molecule has 1 aliphatic heterocycles. The minimum Gasteiger partial charge on any atom is -0.384 e. The van der Waals surface area contributed by atoms with Gasteiger partial charge in [-0.05, 0) is 32.4 Å². The molecule has 0 aromatic heterocycles. The van der Waals surface area contributed by atoms with E-state index in [0.29, 0.717) is 19.0 Å². The molecular weight excluding hydrogens is 228 g/mol. The van der Waals surface area contributed by atoms with Crippen LogP contribution >= 0.6 is 0 Å². The first-order chi connectivity index (χ1) is 7.60. The van der Waals surface area contributed by atoms with Crippen molar-refractivity contribution in [2.45, 2.75) is 12.8 Å². The maximum atomic E-state index is 11.8. The predicted octanol–water partition coefficient (Wildman–Crippen LogP) is -0.106. The van der Waals surface area contributed by atoms with E-state index in [1.165, 1.54) is 7.11 Å². The van der Waals surface area contributed by atoms with Crippen LogP contribution < -0.4 is 5.32 Å². The van der Waals surface area contributed by atoms with Crippen LogP contribution in [0.5, 0.6) is 0 Å². The molecule has 0 saturated carbocycles. The van der Waals surface area contributed by atoms with E-state index in [4.69, 9.17) is 4.74 Å². The third kappa shape index (κ3) is 4.01. The molecule has 1 saturated heterocycles. The third-order valence-corrected chi connectivity index (χ3v) is 4.84. The lowest BCUT2D eigenvalue weighted by atomic mass is 9.98. The van der Waals surface area contributed by atoms with E-state index in [2.05, 4.69) is 5.32 Å². The zero-order chi connectivity index (χ0) is 12.0. The largest absolute Gasteiger partial charge is 0.384 e. The van der Waals surface area contributed by atoms with Crippen LogP contribution in [0.2, 0.25) is 0 Å². The van der Waals surface area contributed by atoms with Crippen LogP contribution in [0, 0.1) is 5.92 Å². The summed E-state index contributed by atoms with van der Waals surface area (Å²) in [6.45, 7) is 2.56. The quantitative estimate of drug-likeness (QED) is 0.715. The molecule has 1 heterocycles. The number of hydrogen-bond acceptors (Lipinski definition) is 4. The van der Waals surface area contributed by atoms with Crippen molar-refractivity contribution < 1.29 is 13.2 Å². The van der Waals surface area contributed by atoms with E-state index in [9.17, 15) is 8.42 Å². The first-order valence-corrected chi connectivity index (χ1v) is 7.32. The number of rotatable bonds is 6. The van der Waals surface area contributed by atoms with E-state index in [0.717, 1.165) is 19.4 Å². The van der Waals surface area contributed by atoms with Gasteiger partial charge < -0.3 is 10.1 Å². The summed E-state index contributed by atoms with van der Waals surface area (Å²) in [5.74, 6) is 0.707. The van der Waals surface area contributed by atoms with Gasteiger partial charge in [0.2, 0.25) is 10.0 Å². The van der Waals surface area contributed by atoms with Crippen molar-refractivity contribution in [1.29, 1.82) is 0 Å². The molecule has 1 N–H and O–H groups in total. The van der Waals surface area contributed by atoms with Crippen molar-refractivity contribution in [2.24, 2.45) is 5.92 Å². The Bertz CT molecular complexity index is 284. The number of nitrogens with zero attached hydrogens (tertiary/aromatic N) is 1. The van der Waals surface area contributed by atoms with Crippen LogP contribution in [0.4, 0.5) is 0 Å². The Morgan fingerprint density at radius 2 is 2.00 bits per heavy atom. The van der Waals surface area contributed by atoms with Gasteiger partial charge in [-0.1, -0.05) is 0 Å². The van der Waals surface area contributed by atoms with Crippen molar-refractivity contribution in [3.63, 3.8) is 0 Å². The lowest BCUT2D eigenvalue weighted by molar-refractivity contribution is 0.213. The molecule has 16 heavy (non-hydrogen) atoms. The van der Waals surface area contributed by atoms with Gasteiger partial charge in [0.1, 0.15) is 0 Å². The van der Waals surface area contributed by atoms with Gasteiger partial charge >= 0.3 is 0 Å². The highest BCUT2D eigenvalue weighted by Crippen LogP contribution is 2.19. The molecule has 1 rings (SSSR count). The number of sulfonamides is 1. The SMILES string of the molecule is CNCC1CCN(S(=O)(=O)CCOC)CC1. The number of piperidine rings is 1. The van der Waals surface area contributed by atoms with Gasteiger partial charge in [-0.2, -0.15) is 0 Å². The Labute approximate surface area is 98.2 Å². The first kappa shape index (κ1) is 13.9. The molecule has 0 aromatic carbocycles. The van der Waals surface area contributed by atoms with Crippen molar-refractivity contribution in [2.75, 3.05) is 46.2 Å². The second kappa shape index (κ2) is 6.54. The maximum absolute atomic E-state index is 11.8. The highest BCUT2D eigenvalue weighted by atomic mass is 32.2. The number of hydrogen-bond donors (Lipinski definition) is 1. The lowest BCUT2D eigenvalue weighted by Crippen LogP contribution is -2.42. The van der Waals surface area contributed by atoms with Gasteiger partial charge in [-0.15, -0.1) is 0 Å². The summed E-state index contributed by atoms with van der Waals surface area (Å²) < 4.78 is 30.1. The molecule has 6 heteroatoms. The lowest BCUT2D eigenvalue weighted by Gasteiger charge is -2.31. The molecule has 96 valence electrons. The molecule has 0 amide bonds. The van der Waals surface area contributed by atoms with E-state index < -0.39 is 10.0 Å². The van der Waals surface area contributed by atoms with E-state index >= 15 is 0 Å². The second-order valence-corrected chi connectivity index (χ2v) is 6.30. The number of nitrogens with one attached hydrogen (secondary N) is 1. The predicted molar refractivity (Wildman–Crippen MR) is 63.9 cm³/mol. The highest BCUT2D eigenvalue weighted by Gasteiger charge is 2.27. The smallest absolute Gasteiger partial charge is 0.216 e. The highest BCUT2D eigenvalue weighted by molar-refractivity contribution is 7.89. The third-order valence-electron chi connectivity index (χ3n) is 3.01. The zero-order valence-corrected chi connectivity index (χ0v) is 10.9. The second-order valence-electron chi connectivity index (χ2n) is 4.21. The molecule has 0 aliphatic carbocycles. The van der Waals surface area contributed by atoms with E-state index in [1.807, 2.05) is 7.05 Å². The number of ether oxygens (including phenoxy) is 1. The molecule has 5 nitrogen and oxygen atoms in total. The van der Waals surface area contributed by atoms with Crippen molar-refractivity contribution in [3.05, 3.63) is 0 Å². The molecule has 1 fully saturated rings. The summed E-state index contributed by atoms with van der Waals surface area (Å²) in [6.07, 6.45) is 1.90. The molecule has 0 bridgehead atoms. The Morgan fingerprint density at radius 1 is 1.38 bits per heavy atom. The van der Waals surface area contributed by atoms with Gasteiger partial charge in [0.05, 0.1) is 12.4 Å². The summed E-state index contributed by atoms with van der Waals surface area (Å²) in [5, 5.41) is 3.14. The van der Waals surface area contributed by atoms with Crippen molar-refractivity contribution in [1.82, 2.24) is 9.62 Å². The summed E-state index contributed by atoms with van der Waals surface area (Å²) in [6, 6.07) is 0. The van der Waals surface area contributed by atoms with Crippen LogP contribution in [0.3, 0.4) is 0 Å². The minimum atomic E-state index is -3.10. The molecule has 0 radical (unpaired) electrons. The van der Waals surface area contributed by atoms with Crippen LogP contribution in [0.1, 0.15) is 12.8 Å². The van der Waals surface area contributed by atoms with Crippen LogP contribution in [0.15, 0.2) is 0 Å². The van der Waals surface area contributed by atoms with Crippen LogP contribution in [-0.4, -0.2) is 58.9 Å². The summed E-state index contributed by atoms with van der Waals surface area (Å²) in [5.41, 5.74) is 0. The van der Waals surface area contributed by atoms with Gasteiger partial charge in [-0.3, -0.25) is 0 Å². The van der Waals surface area contributed by atoms with Crippen LogP contribution in [0.25, 0.3) is 0 Å². The minimum absolute atomic E-state index is 0.0974. The molecular formula is C10H22N2O3S. The molecule has 0 atom stereocenters. The Kier molecular flexibility index (Phi) is 5.68. The normalized spacial score (nSPS) is 20.1. The molecule has 0 spiro atoms. The van der Waals surface area contributed by atoms with Gasteiger partial charge in [-0.25, -0.2) is 12.7 Å². The fourth-order valence-electron chi connectivity index (χ4n) is 2.00. The molecule has 0 aromatic rings. The van der Waals surface area contributed by atoms with Crippen molar-refractivity contribution in [3.8, 4) is 0 Å². The van der Waals surface area contributed by atoms with Gasteiger partial charge in [0, 0.05) is 20.2 Å². The molecule has 1 aliphatic rings. The van der Waals surface area contributed by atoms with Crippen LogP contribution in [-0.2, 0) is 14.8 Å². The van der Waals surface area contributed by atoms with Crippen molar-refractivity contribution >= 4 is 10.0 Å². The standard InChI is InChI=1S/C10H22N2O3S/c1-11-9-10-3-5-12(6-4-10)16(13,14)8-7-15-2/h10-11H,3-9H2,1-2H3. The van der Waals surface area contributed by atoms with E-state index in [-0.39, 0.29) is 12.4 Å². The maximum Gasteiger partial charge on any atom is 0.216 e. The Balaban J connectivity index is 2.40.